The summed E-state index contributed by atoms with van der Waals surface area (Å²) in [6.45, 7) is 4.18. The second-order valence-electron chi connectivity index (χ2n) is 6.39. The molecule has 3 heterocycles. The fraction of sp³-hybridized carbons (Fsp3) is 0.250. The highest BCUT2D eigenvalue weighted by Crippen LogP contribution is 2.23. The van der Waals surface area contributed by atoms with Gasteiger partial charge in [0.15, 0.2) is 0 Å². The Morgan fingerprint density at radius 1 is 1.12 bits per heavy atom. The molecule has 2 N–H and O–H groups in total. The Balaban J connectivity index is 1.78. The molecule has 3 aromatic heterocycles. The first-order valence-electron chi connectivity index (χ1n) is 8.92. The van der Waals surface area contributed by atoms with Crippen LogP contribution in [-0.4, -0.2) is 19.5 Å². The number of pyridine rings is 1. The van der Waals surface area contributed by atoms with E-state index in [0.717, 1.165) is 34.8 Å². The molecular formula is C20H21N5O. The molecule has 0 unspecified atom stereocenters. The van der Waals surface area contributed by atoms with E-state index >= 15 is 0 Å². The Labute approximate surface area is 150 Å². The Morgan fingerprint density at radius 2 is 1.96 bits per heavy atom. The van der Waals surface area contributed by atoms with E-state index in [1.807, 2.05) is 30.5 Å². The number of aromatic amines is 1. The summed E-state index contributed by atoms with van der Waals surface area (Å²) in [4.78, 5) is 24.7. The average molecular weight is 347 g/mol. The van der Waals surface area contributed by atoms with Crippen molar-refractivity contribution >= 4 is 33.6 Å². The van der Waals surface area contributed by atoms with E-state index in [1.165, 1.54) is 0 Å². The third-order valence-electron chi connectivity index (χ3n) is 4.78. The highest BCUT2D eigenvalue weighted by Gasteiger charge is 2.13. The lowest BCUT2D eigenvalue weighted by molar-refractivity contribution is 0.470. The smallest absolute Gasteiger partial charge is 0.252 e. The van der Waals surface area contributed by atoms with E-state index in [-0.39, 0.29) is 11.6 Å². The van der Waals surface area contributed by atoms with E-state index in [2.05, 4.69) is 34.1 Å². The lowest BCUT2D eigenvalue weighted by Crippen LogP contribution is -2.24. The summed E-state index contributed by atoms with van der Waals surface area (Å²) in [5.74, 6) is 0.484. The fourth-order valence-electron chi connectivity index (χ4n) is 3.37. The number of nitrogens with one attached hydrogen (secondary N) is 2. The predicted octanol–water partition coefficient (Wildman–Crippen LogP) is 4.38. The minimum Gasteiger partial charge on any atom is -0.361 e. The summed E-state index contributed by atoms with van der Waals surface area (Å²) in [5, 5.41) is 5.23. The van der Waals surface area contributed by atoms with Crippen molar-refractivity contribution in [1.82, 2.24) is 19.5 Å². The summed E-state index contributed by atoms with van der Waals surface area (Å²) in [6, 6.07) is 11.6. The van der Waals surface area contributed by atoms with Crippen molar-refractivity contribution in [3.63, 3.8) is 0 Å². The van der Waals surface area contributed by atoms with Gasteiger partial charge in [0.25, 0.3) is 5.56 Å². The van der Waals surface area contributed by atoms with Gasteiger partial charge in [-0.1, -0.05) is 13.8 Å². The zero-order chi connectivity index (χ0) is 18.1. The molecular weight excluding hydrogens is 326 g/mol. The maximum absolute atomic E-state index is 12.5. The molecule has 4 rings (SSSR count). The number of fused-ring (bicyclic) bond motifs is 2. The summed E-state index contributed by atoms with van der Waals surface area (Å²) in [7, 11) is 0. The van der Waals surface area contributed by atoms with Crippen LogP contribution < -0.4 is 10.9 Å². The number of nitrogens with zero attached hydrogens (tertiary/aromatic N) is 3. The first-order valence-corrected chi connectivity index (χ1v) is 8.92. The Morgan fingerprint density at radius 3 is 2.77 bits per heavy atom. The number of rotatable bonds is 5. The molecule has 132 valence electrons. The van der Waals surface area contributed by atoms with Gasteiger partial charge in [-0.15, -0.1) is 0 Å². The van der Waals surface area contributed by atoms with Gasteiger partial charge in [0.1, 0.15) is 5.65 Å². The van der Waals surface area contributed by atoms with Crippen LogP contribution in [0, 0.1) is 0 Å². The third-order valence-corrected chi connectivity index (χ3v) is 4.78. The van der Waals surface area contributed by atoms with Crippen LogP contribution in [0.25, 0.3) is 21.9 Å². The van der Waals surface area contributed by atoms with Crippen molar-refractivity contribution in [2.75, 3.05) is 5.32 Å². The molecule has 0 saturated heterocycles. The van der Waals surface area contributed by atoms with Crippen molar-refractivity contribution in [3.05, 3.63) is 59.1 Å². The maximum atomic E-state index is 12.5. The van der Waals surface area contributed by atoms with Crippen molar-refractivity contribution in [2.24, 2.45) is 0 Å². The highest BCUT2D eigenvalue weighted by atomic mass is 16.1. The Hall–Kier alpha value is -3.15. The van der Waals surface area contributed by atoms with Crippen molar-refractivity contribution < 1.29 is 0 Å². The molecule has 6 heteroatoms. The van der Waals surface area contributed by atoms with E-state index in [0.29, 0.717) is 11.6 Å². The maximum Gasteiger partial charge on any atom is 0.252 e. The van der Waals surface area contributed by atoms with E-state index in [4.69, 9.17) is 0 Å². The van der Waals surface area contributed by atoms with Gasteiger partial charge in [-0.05, 0) is 43.2 Å². The van der Waals surface area contributed by atoms with Crippen LogP contribution in [0.5, 0.6) is 0 Å². The molecule has 0 aliphatic carbocycles. The van der Waals surface area contributed by atoms with Crippen molar-refractivity contribution in [2.45, 2.75) is 32.7 Å². The summed E-state index contributed by atoms with van der Waals surface area (Å²) in [5.41, 5.74) is 2.64. The first kappa shape index (κ1) is 16.3. The number of anilines is 2. The molecule has 0 aliphatic heterocycles. The summed E-state index contributed by atoms with van der Waals surface area (Å²) < 4.78 is 1.79. The number of H-pyrrole nitrogens is 1. The molecule has 6 nitrogen and oxygen atoms in total. The zero-order valence-corrected chi connectivity index (χ0v) is 14.9. The fourth-order valence-corrected chi connectivity index (χ4v) is 3.37. The van der Waals surface area contributed by atoms with Crippen LogP contribution in [0.4, 0.5) is 11.6 Å². The third kappa shape index (κ3) is 2.83. The van der Waals surface area contributed by atoms with Crippen LogP contribution in [0.2, 0.25) is 0 Å². The second kappa shape index (κ2) is 6.63. The van der Waals surface area contributed by atoms with Gasteiger partial charge in [0.05, 0.1) is 0 Å². The minimum absolute atomic E-state index is 0.0235. The van der Waals surface area contributed by atoms with Gasteiger partial charge in [0.2, 0.25) is 5.95 Å². The quantitative estimate of drug-likeness (QED) is 0.562. The molecule has 0 aliphatic rings. The SMILES string of the molecule is CCC(CC)n1c(=O)ccc2cnc(Nc3ccc4[nH]ccc4c3)nc21. The molecule has 0 fully saturated rings. The average Bonchev–Trinajstić information content (AvgIpc) is 3.12. The van der Waals surface area contributed by atoms with Gasteiger partial charge in [0, 0.05) is 46.5 Å². The molecule has 26 heavy (non-hydrogen) atoms. The topological polar surface area (TPSA) is 75.6 Å². The monoisotopic (exact) mass is 347 g/mol. The second-order valence-corrected chi connectivity index (χ2v) is 6.39. The van der Waals surface area contributed by atoms with E-state index in [9.17, 15) is 4.79 Å². The van der Waals surface area contributed by atoms with Gasteiger partial charge >= 0.3 is 0 Å². The normalized spacial score (nSPS) is 11.5. The van der Waals surface area contributed by atoms with Gasteiger partial charge in [-0.2, -0.15) is 4.98 Å². The van der Waals surface area contributed by atoms with E-state index in [1.54, 1.807) is 22.9 Å². The van der Waals surface area contributed by atoms with Gasteiger partial charge in [-0.25, -0.2) is 4.98 Å². The van der Waals surface area contributed by atoms with Gasteiger partial charge in [-0.3, -0.25) is 9.36 Å². The van der Waals surface area contributed by atoms with Gasteiger partial charge < -0.3 is 10.3 Å². The standard InChI is InChI=1S/C20H21N5O/c1-3-16(4-2)25-18(26)8-5-14-12-22-20(24-19(14)25)23-15-6-7-17-13(11-15)9-10-21-17/h5-12,16,21H,3-4H2,1-2H3,(H,22,23,24). The number of hydrogen-bond donors (Lipinski definition) is 2. The van der Waals surface area contributed by atoms with Crippen LogP contribution in [-0.2, 0) is 0 Å². The minimum atomic E-state index is -0.0235. The molecule has 0 bridgehead atoms. The Bertz CT molecular complexity index is 1120. The number of aromatic nitrogens is 4. The number of benzene rings is 1. The van der Waals surface area contributed by atoms with Crippen molar-refractivity contribution in [3.8, 4) is 0 Å². The zero-order valence-electron chi connectivity index (χ0n) is 14.9. The molecule has 0 amide bonds. The van der Waals surface area contributed by atoms with Crippen LogP contribution in [0.1, 0.15) is 32.7 Å². The highest BCUT2D eigenvalue weighted by molar-refractivity contribution is 5.84. The molecule has 4 aromatic rings. The molecule has 0 spiro atoms. The molecule has 0 radical (unpaired) electrons. The first-order chi connectivity index (χ1) is 12.7. The van der Waals surface area contributed by atoms with E-state index < -0.39 is 0 Å². The van der Waals surface area contributed by atoms with Crippen LogP contribution >= 0.6 is 0 Å². The number of hydrogen-bond acceptors (Lipinski definition) is 4. The lowest BCUT2D eigenvalue weighted by Gasteiger charge is -2.18. The van der Waals surface area contributed by atoms with Crippen LogP contribution in [0.15, 0.2) is 53.6 Å². The van der Waals surface area contributed by atoms with Crippen LogP contribution in [0.3, 0.4) is 0 Å². The predicted molar refractivity (Wildman–Crippen MR) is 105 cm³/mol. The molecule has 0 atom stereocenters. The van der Waals surface area contributed by atoms with Crippen molar-refractivity contribution in [1.29, 1.82) is 0 Å². The Kier molecular flexibility index (Phi) is 4.16. The summed E-state index contributed by atoms with van der Waals surface area (Å²) in [6.07, 6.45) is 5.44. The molecule has 0 saturated carbocycles. The summed E-state index contributed by atoms with van der Waals surface area (Å²) >= 11 is 0. The lowest BCUT2D eigenvalue weighted by atomic mass is 10.1. The molecule has 1 aromatic carbocycles. The largest absolute Gasteiger partial charge is 0.361 e.